The molecule has 0 aliphatic carbocycles. The molecular formula is C12H22N4O2S2. The van der Waals surface area contributed by atoms with Crippen molar-refractivity contribution in [3.8, 4) is 0 Å². The zero-order valence-corrected chi connectivity index (χ0v) is 14.0. The van der Waals surface area contributed by atoms with Crippen LogP contribution in [0.3, 0.4) is 0 Å². The Hall–Kier alpha value is -0.860. The first kappa shape index (κ1) is 15.5. The lowest BCUT2D eigenvalue weighted by molar-refractivity contribution is 0.378. The molecule has 0 amide bonds. The van der Waals surface area contributed by atoms with Crippen LogP contribution in [-0.4, -0.2) is 43.8 Å². The molecule has 1 aromatic heterocycles. The predicted octanol–water partition coefficient (Wildman–Crippen LogP) is 1.60. The van der Waals surface area contributed by atoms with Gasteiger partial charge in [0.15, 0.2) is 10.7 Å². The largest absolute Gasteiger partial charge is 0.382 e. The number of piperidine rings is 1. The molecule has 6 nitrogen and oxygen atoms in total. The molecule has 0 aromatic carbocycles. The molecule has 1 aliphatic rings. The van der Waals surface area contributed by atoms with Gasteiger partial charge >= 0.3 is 0 Å². The number of sulfonamides is 1. The standard InChI is InChI=1S/C12H22N4O2S2/c1-8-5-6-16(9(2)7-8)12-10(11(13)14-19-12)20(17,18)15(3)4/h8-9H,5-7H2,1-4H3,(H2,13,14). The van der Waals surface area contributed by atoms with E-state index in [1.54, 1.807) is 0 Å². The molecule has 8 heteroatoms. The van der Waals surface area contributed by atoms with E-state index in [4.69, 9.17) is 5.73 Å². The average molecular weight is 318 g/mol. The van der Waals surface area contributed by atoms with Gasteiger partial charge in [-0.2, -0.15) is 4.37 Å². The smallest absolute Gasteiger partial charge is 0.249 e. The SMILES string of the molecule is CC1CCN(c2snc(N)c2S(=O)(=O)N(C)C)C(C)C1. The van der Waals surface area contributed by atoms with Crippen LogP contribution in [0, 0.1) is 5.92 Å². The van der Waals surface area contributed by atoms with Gasteiger partial charge in [-0.25, -0.2) is 12.7 Å². The van der Waals surface area contributed by atoms with Crippen molar-refractivity contribution < 1.29 is 8.42 Å². The van der Waals surface area contributed by atoms with Crippen molar-refractivity contribution >= 4 is 32.4 Å². The number of anilines is 2. The zero-order chi connectivity index (χ0) is 15.1. The van der Waals surface area contributed by atoms with Crippen molar-refractivity contribution in [1.82, 2.24) is 8.68 Å². The fraction of sp³-hybridized carbons (Fsp3) is 0.750. The summed E-state index contributed by atoms with van der Waals surface area (Å²) in [5.74, 6) is 0.768. The van der Waals surface area contributed by atoms with E-state index in [1.807, 2.05) is 0 Å². The highest BCUT2D eigenvalue weighted by Crippen LogP contribution is 2.39. The van der Waals surface area contributed by atoms with E-state index in [-0.39, 0.29) is 10.7 Å². The molecule has 1 aromatic rings. The fourth-order valence-electron chi connectivity index (χ4n) is 2.60. The van der Waals surface area contributed by atoms with Crippen LogP contribution >= 0.6 is 11.5 Å². The maximum atomic E-state index is 12.4. The van der Waals surface area contributed by atoms with Crippen molar-refractivity contribution in [1.29, 1.82) is 0 Å². The van der Waals surface area contributed by atoms with Gasteiger partial charge in [0.05, 0.1) is 0 Å². The van der Waals surface area contributed by atoms with Crippen molar-refractivity contribution in [3.63, 3.8) is 0 Å². The molecule has 1 saturated heterocycles. The Kier molecular flexibility index (Phi) is 4.27. The highest BCUT2D eigenvalue weighted by Gasteiger charge is 2.33. The Labute approximate surface area is 124 Å². The summed E-state index contributed by atoms with van der Waals surface area (Å²) in [4.78, 5) is 2.29. The van der Waals surface area contributed by atoms with Gasteiger partial charge in [0.25, 0.3) is 0 Å². The quantitative estimate of drug-likeness (QED) is 0.915. The van der Waals surface area contributed by atoms with Gasteiger partial charge in [0.2, 0.25) is 10.0 Å². The van der Waals surface area contributed by atoms with Crippen LogP contribution in [0.25, 0.3) is 0 Å². The lowest BCUT2D eigenvalue weighted by Gasteiger charge is -2.37. The van der Waals surface area contributed by atoms with Crippen LogP contribution in [0.5, 0.6) is 0 Å². The van der Waals surface area contributed by atoms with Crippen LogP contribution in [0.15, 0.2) is 4.90 Å². The van der Waals surface area contributed by atoms with E-state index >= 15 is 0 Å². The lowest BCUT2D eigenvalue weighted by atomic mass is 9.94. The second-order valence-corrected chi connectivity index (χ2v) is 8.50. The lowest BCUT2D eigenvalue weighted by Crippen LogP contribution is -2.40. The van der Waals surface area contributed by atoms with Gasteiger partial charge in [0, 0.05) is 26.7 Å². The number of nitrogens with zero attached hydrogens (tertiary/aromatic N) is 3. The highest BCUT2D eigenvalue weighted by molar-refractivity contribution is 7.89. The first-order chi connectivity index (χ1) is 9.25. The van der Waals surface area contributed by atoms with Gasteiger partial charge in [-0.3, -0.25) is 0 Å². The summed E-state index contributed by atoms with van der Waals surface area (Å²) < 4.78 is 30.1. The minimum Gasteiger partial charge on any atom is -0.382 e. The molecule has 1 aliphatic heterocycles. The summed E-state index contributed by atoms with van der Waals surface area (Å²) >= 11 is 1.18. The van der Waals surface area contributed by atoms with E-state index < -0.39 is 10.0 Å². The molecule has 0 saturated carbocycles. The number of aromatic nitrogens is 1. The van der Waals surface area contributed by atoms with Crippen LogP contribution in [0.1, 0.15) is 26.7 Å². The van der Waals surface area contributed by atoms with Gasteiger partial charge in [-0.05, 0) is 37.2 Å². The first-order valence-electron chi connectivity index (χ1n) is 6.69. The summed E-state index contributed by atoms with van der Waals surface area (Å²) in [7, 11) is -0.543. The van der Waals surface area contributed by atoms with Crippen LogP contribution in [0.2, 0.25) is 0 Å². The molecular weight excluding hydrogens is 296 g/mol. The van der Waals surface area contributed by atoms with E-state index in [1.165, 1.54) is 29.9 Å². The number of nitrogen functional groups attached to an aromatic ring is 1. The maximum Gasteiger partial charge on any atom is 0.249 e. The molecule has 0 radical (unpaired) electrons. The van der Waals surface area contributed by atoms with E-state index in [2.05, 4.69) is 23.1 Å². The Morgan fingerprint density at radius 2 is 2.05 bits per heavy atom. The first-order valence-corrected chi connectivity index (χ1v) is 8.90. The van der Waals surface area contributed by atoms with Gasteiger partial charge in [-0.15, -0.1) is 0 Å². The van der Waals surface area contributed by atoms with E-state index in [0.717, 1.165) is 19.4 Å². The summed E-state index contributed by atoms with van der Waals surface area (Å²) in [5.41, 5.74) is 5.81. The Morgan fingerprint density at radius 3 is 2.60 bits per heavy atom. The number of nitrogens with two attached hydrogens (primary N) is 1. The van der Waals surface area contributed by atoms with Crippen molar-refractivity contribution in [2.24, 2.45) is 5.92 Å². The van der Waals surface area contributed by atoms with E-state index in [0.29, 0.717) is 17.0 Å². The van der Waals surface area contributed by atoms with Crippen molar-refractivity contribution in [3.05, 3.63) is 0 Å². The molecule has 0 bridgehead atoms. The summed E-state index contributed by atoms with van der Waals surface area (Å²) in [5, 5.41) is 0.676. The number of hydrogen-bond acceptors (Lipinski definition) is 6. The van der Waals surface area contributed by atoms with Gasteiger partial charge < -0.3 is 10.6 Å². The summed E-state index contributed by atoms with van der Waals surface area (Å²) in [6.07, 6.45) is 2.11. The van der Waals surface area contributed by atoms with Gasteiger partial charge in [-0.1, -0.05) is 6.92 Å². The molecule has 20 heavy (non-hydrogen) atoms. The van der Waals surface area contributed by atoms with Crippen molar-refractivity contribution in [2.75, 3.05) is 31.3 Å². The van der Waals surface area contributed by atoms with Crippen LogP contribution < -0.4 is 10.6 Å². The number of rotatable bonds is 3. The summed E-state index contributed by atoms with van der Waals surface area (Å²) in [6.45, 7) is 5.20. The molecule has 2 unspecified atom stereocenters. The predicted molar refractivity (Wildman–Crippen MR) is 82.6 cm³/mol. The van der Waals surface area contributed by atoms with Crippen molar-refractivity contribution in [2.45, 2.75) is 37.6 Å². The summed E-state index contributed by atoms with van der Waals surface area (Å²) in [6, 6.07) is 0.301. The molecule has 2 rings (SSSR count). The number of hydrogen-bond donors (Lipinski definition) is 1. The van der Waals surface area contributed by atoms with Gasteiger partial charge in [0.1, 0.15) is 5.00 Å². The molecule has 2 N–H and O–H groups in total. The molecule has 2 heterocycles. The average Bonchev–Trinajstić information content (AvgIpc) is 2.71. The monoisotopic (exact) mass is 318 g/mol. The second-order valence-electron chi connectivity index (χ2n) is 5.66. The van der Waals surface area contributed by atoms with Crippen LogP contribution in [-0.2, 0) is 10.0 Å². The highest BCUT2D eigenvalue weighted by atomic mass is 32.2. The third kappa shape index (κ3) is 2.64. The molecule has 2 atom stereocenters. The third-order valence-corrected chi connectivity index (χ3v) is 6.70. The Morgan fingerprint density at radius 1 is 1.40 bits per heavy atom. The fourth-order valence-corrected chi connectivity index (χ4v) is 4.94. The minimum atomic E-state index is -3.57. The molecule has 0 spiro atoms. The Bertz CT molecular complexity index is 582. The Balaban J connectivity index is 2.45. The van der Waals surface area contributed by atoms with E-state index in [9.17, 15) is 8.42 Å². The third-order valence-electron chi connectivity index (χ3n) is 3.80. The molecule has 1 fully saturated rings. The minimum absolute atomic E-state index is 0.101. The van der Waals surface area contributed by atoms with Crippen LogP contribution in [0.4, 0.5) is 10.8 Å². The second kappa shape index (κ2) is 5.50. The zero-order valence-electron chi connectivity index (χ0n) is 12.3. The molecule has 114 valence electrons. The normalized spacial score (nSPS) is 24.4. The topological polar surface area (TPSA) is 79.5 Å². The maximum absolute atomic E-state index is 12.4.